The SMILES string of the molecule is c1ccc(-c2cc(N(c3ccc(-c4cc5ccccc5c5ccccc45)cc3)c3cccc4ccccc34)ccc2-c2ccc(-c3ccc4ccccc4c3)cc2)cc1. The van der Waals surface area contributed by atoms with E-state index in [-0.39, 0.29) is 0 Å². The molecule has 0 N–H and O–H groups in total. The Balaban J connectivity index is 1.04. The van der Waals surface area contributed by atoms with E-state index in [1.807, 2.05) is 0 Å². The van der Waals surface area contributed by atoms with E-state index in [2.05, 4.69) is 241 Å². The lowest BCUT2D eigenvalue weighted by Crippen LogP contribution is -2.11. The van der Waals surface area contributed by atoms with E-state index in [9.17, 15) is 0 Å². The van der Waals surface area contributed by atoms with Crippen molar-refractivity contribution < 1.29 is 0 Å². The molecule has 1 nitrogen and oxygen atoms in total. The summed E-state index contributed by atoms with van der Waals surface area (Å²) in [6.45, 7) is 0. The van der Waals surface area contributed by atoms with Crippen LogP contribution in [0, 0.1) is 0 Å². The highest BCUT2D eigenvalue weighted by Gasteiger charge is 2.19. The Labute approximate surface area is 344 Å². The molecule has 0 spiro atoms. The van der Waals surface area contributed by atoms with Gasteiger partial charge in [-0.25, -0.2) is 0 Å². The first-order chi connectivity index (χ1) is 29.2. The summed E-state index contributed by atoms with van der Waals surface area (Å²) in [7, 11) is 0. The van der Waals surface area contributed by atoms with Gasteiger partial charge in [-0.2, -0.15) is 0 Å². The molecule has 11 rings (SSSR count). The van der Waals surface area contributed by atoms with Gasteiger partial charge in [-0.15, -0.1) is 0 Å². The minimum Gasteiger partial charge on any atom is -0.310 e. The van der Waals surface area contributed by atoms with E-state index in [0.717, 1.165) is 17.1 Å². The molecular formula is C58H39N. The van der Waals surface area contributed by atoms with Crippen molar-refractivity contribution in [3.8, 4) is 44.5 Å². The predicted molar refractivity (Wildman–Crippen MR) is 253 cm³/mol. The van der Waals surface area contributed by atoms with E-state index in [1.165, 1.54) is 87.6 Å². The maximum Gasteiger partial charge on any atom is 0.0540 e. The first-order valence-corrected chi connectivity index (χ1v) is 20.3. The number of rotatable bonds is 7. The zero-order chi connectivity index (χ0) is 39.1. The van der Waals surface area contributed by atoms with Gasteiger partial charge >= 0.3 is 0 Å². The van der Waals surface area contributed by atoms with Gasteiger partial charge in [-0.3, -0.25) is 0 Å². The van der Waals surface area contributed by atoms with Crippen LogP contribution in [-0.4, -0.2) is 0 Å². The van der Waals surface area contributed by atoms with Crippen LogP contribution in [0.3, 0.4) is 0 Å². The van der Waals surface area contributed by atoms with Crippen LogP contribution in [0.15, 0.2) is 237 Å². The van der Waals surface area contributed by atoms with Gasteiger partial charge in [0.2, 0.25) is 0 Å². The summed E-state index contributed by atoms with van der Waals surface area (Å²) in [6, 6.07) is 86.3. The normalized spacial score (nSPS) is 11.4. The average Bonchev–Trinajstić information content (AvgIpc) is 3.32. The first-order valence-electron chi connectivity index (χ1n) is 20.3. The van der Waals surface area contributed by atoms with Crippen molar-refractivity contribution in [2.75, 3.05) is 4.90 Å². The molecule has 11 aromatic carbocycles. The monoisotopic (exact) mass is 749 g/mol. The van der Waals surface area contributed by atoms with Crippen molar-refractivity contribution in [3.63, 3.8) is 0 Å². The second-order valence-corrected chi connectivity index (χ2v) is 15.3. The molecule has 0 aliphatic heterocycles. The summed E-state index contributed by atoms with van der Waals surface area (Å²) in [5.41, 5.74) is 12.9. The van der Waals surface area contributed by atoms with Crippen LogP contribution in [0.4, 0.5) is 17.1 Å². The second-order valence-electron chi connectivity index (χ2n) is 15.3. The minimum absolute atomic E-state index is 1.10. The zero-order valence-electron chi connectivity index (χ0n) is 32.5. The summed E-state index contributed by atoms with van der Waals surface area (Å²) >= 11 is 0. The zero-order valence-corrected chi connectivity index (χ0v) is 32.5. The predicted octanol–water partition coefficient (Wildman–Crippen LogP) is 16.4. The molecule has 0 saturated carbocycles. The Morgan fingerprint density at radius 3 is 1.56 bits per heavy atom. The molecule has 0 amide bonds. The van der Waals surface area contributed by atoms with Crippen LogP contribution < -0.4 is 4.90 Å². The number of benzene rings is 11. The Bertz CT molecular complexity index is 3300. The van der Waals surface area contributed by atoms with E-state index in [0.29, 0.717) is 0 Å². The van der Waals surface area contributed by atoms with Gasteiger partial charge in [0.15, 0.2) is 0 Å². The van der Waals surface area contributed by atoms with Crippen molar-refractivity contribution in [2.45, 2.75) is 0 Å². The fourth-order valence-electron chi connectivity index (χ4n) is 8.90. The van der Waals surface area contributed by atoms with Crippen molar-refractivity contribution in [1.82, 2.24) is 0 Å². The average molecular weight is 750 g/mol. The number of fused-ring (bicyclic) bond motifs is 5. The number of nitrogens with zero attached hydrogens (tertiary/aromatic N) is 1. The summed E-state index contributed by atoms with van der Waals surface area (Å²) < 4.78 is 0. The van der Waals surface area contributed by atoms with Gasteiger partial charge in [-0.1, -0.05) is 194 Å². The summed E-state index contributed by atoms with van der Waals surface area (Å²) in [6.07, 6.45) is 0. The Hall–Kier alpha value is -7.74. The fourth-order valence-corrected chi connectivity index (χ4v) is 8.90. The van der Waals surface area contributed by atoms with Crippen molar-refractivity contribution >= 4 is 60.2 Å². The van der Waals surface area contributed by atoms with Gasteiger partial charge in [0, 0.05) is 16.8 Å². The molecule has 0 aliphatic carbocycles. The number of anilines is 3. The molecule has 0 fully saturated rings. The maximum absolute atomic E-state index is 2.42. The molecule has 0 bridgehead atoms. The summed E-state index contributed by atoms with van der Waals surface area (Å²) in [5, 5.41) is 9.99. The van der Waals surface area contributed by atoms with Crippen LogP contribution in [0.5, 0.6) is 0 Å². The molecule has 1 heteroatoms. The quantitative estimate of drug-likeness (QED) is 0.147. The molecule has 0 radical (unpaired) electrons. The topological polar surface area (TPSA) is 3.24 Å². The van der Waals surface area contributed by atoms with Crippen molar-refractivity contribution in [1.29, 1.82) is 0 Å². The first kappa shape index (κ1) is 34.5. The largest absolute Gasteiger partial charge is 0.310 e. The van der Waals surface area contributed by atoms with Gasteiger partial charge in [0.05, 0.1) is 5.69 Å². The van der Waals surface area contributed by atoms with Crippen LogP contribution in [0.2, 0.25) is 0 Å². The highest BCUT2D eigenvalue weighted by molar-refractivity contribution is 6.14. The Morgan fingerprint density at radius 2 is 0.763 bits per heavy atom. The highest BCUT2D eigenvalue weighted by Crippen LogP contribution is 2.44. The smallest absolute Gasteiger partial charge is 0.0540 e. The van der Waals surface area contributed by atoms with Gasteiger partial charge < -0.3 is 4.90 Å². The summed E-state index contributed by atoms with van der Waals surface area (Å²) in [5.74, 6) is 0. The molecule has 0 heterocycles. The number of hydrogen-bond acceptors (Lipinski definition) is 1. The highest BCUT2D eigenvalue weighted by atomic mass is 15.1. The molecule has 0 atom stereocenters. The minimum atomic E-state index is 1.10. The Morgan fingerprint density at radius 1 is 0.220 bits per heavy atom. The molecule has 0 aromatic heterocycles. The van der Waals surface area contributed by atoms with Crippen LogP contribution >= 0.6 is 0 Å². The fraction of sp³-hybridized carbons (Fsp3) is 0. The maximum atomic E-state index is 2.42. The molecule has 0 saturated heterocycles. The van der Waals surface area contributed by atoms with Crippen molar-refractivity contribution in [3.05, 3.63) is 237 Å². The lowest BCUT2D eigenvalue weighted by Gasteiger charge is -2.28. The number of hydrogen-bond donors (Lipinski definition) is 0. The molecule has 59 heavy (non-hydrogen) atoms. The third kappa shape index (κ3) is 6.30. The summed E-state index contributed by atoms with van der Waals surface area (Å²) in [4.78, 5) is 2.42. The van der Waals surface area contributed by atoms with Gasteiger partial charge in [-0.05, 0) is 125 Å². The van der Waals surface area contributed by atoms with E-state index in [4.69, 9.17) is 0 Å². The van der Waals surface area contributed by atoms with Crippen molar-refractivity contribution in [2.24, 2.45) is 0 Å². The third-order valence-electron chi connectivity index (χ3n) is 11.8. The van der Waals surface area contributed by atoms with E-state index < -0.39 is 0 Å². The van der Waals surface area contributed by atoms with E-state index in [1.54, 1.807) is 0 Å². The van der Waals surface area contributed by atoms with Crippen LogP contribution in [0.1, 0.15) is 0 Å². The van der Waals surface area contributed by atoms with Gasteiger partial charge in [0.25, 0.3) is 0 Å². The molecule has 0 aliphatic rings. The molecular weight excluding hydrogens is 711 g/mol. The molecule has 11 aromatic rings. The standard InChI is InChI=1S/C58H39N/c1-2-14-43(15-3-1)57-39-50(35-36-52(57)44-28-25-41(26-29-44)47-30-27-40-13-4-5-17-46(40)37-47)59(58-24-12-19-42-16-6-9-21-53(42)58)49-33-31-45(32-34-49)56-38-48-18-7-8-20-51(48)54-22-10-11-23-55(54)56/h1-39H. The lowest BCUT2D eigenvalue weighted by atomic mass is 9.92. The third-order valence-corrected chi connectivity index (χ3v) is 11.8. The van der Waals surface area contributed by atoms with E-state index >= 15 is 0 Å². The van der Waals surface area contributed by atoms with Crippen LogP contribution in [-0.2, 0) is 0 Å². The molecule has 0 unspecified atom stereocenters. The van der Waals surface area contributed by atoms with Crippen LogP contribution in [0.25, 0.3) is 87.6 Å². The Kier molecular flexibility index (Phi) is 8.56. The van der Waals surface area contributed by atoms with Gasteiger partial charge in [0.1, 0.15) is 0 Å². The lowest BCUT2D eigenvalue weighted by molar-refractivity contribution is 1.30. The second kappa shape index (κ2) is 14.6. The molecule has 276 valence electrons.